The fourth-order valence-corrected chi connectivity index (χ4v) is 4.92. The number of phenols is 1. The lowest BCUT2D eigenvalue weighted by Crippen LogP contribution is -2.19. The van der Waals surface area contributed by atoms with E-state index >= 15 is 0 Å². The van der Waals surface area contributed by atoms with Crippen molar-refractivity contribution in [3.63, 3.8) is 0 Å². The molecule has 0 spiro atoms. The predicted octanol–water partition coefficient (Wildman–Crippen LogP) is 6.05. The number of phenolic OH excluding ortho intramolecular Hbond substituents is 1. The van der Waals surface area contributed by atoms with Crippen LogP contribution in [0.25, 0.3) is 0 Å². The molecule has 1 aliphatic rings. The molecule has 3 N–H and O–H groups in total. The van der Waals surface area contributed by atoms with Gasteiger partial charge in [-0.2, -0.15) is 0 Å². The highest BCUT2D eigenvalue weighted by Gasteiger charge is 2.31. The first-order valence-electron chi connectivity index (χ1n) is 11.5. The van der Waals surface area contributed by atoms with Gasteiger partial charge in [-0.3, -0.25) is 0 Å². The fraction of sp³-hybridized carbons (Fsp3) is 0.760. The maximum absolute atomic E-state index is 10.9. The third kappa shape index (κ3) is 6.49. The minimum Gasteiger partial charge on any atom is -0.508 e. The van der Waals surface area contributed by atoms with Gasteiger partial charge in [0, 0.05) is 6.61 Å². The van der Waals surface area contributed by atoms with Gasteiger partial charge in [-0.1, -0.05) is 65.0 Å². The molecule has 1 saturated carbocycles. The number of hydrogen-bond donors (Lipinski definition) is 3. The van der Waals surface area contributed by atoms with Crippen molar-refractivity contribution in [1.82, 2.24) is 0 Å². The molecule has 1 aliphatic carbocycles. The van der Waals surface area contributed by atoms with E-state index in [0.29, 0.717) is 18.1 Å². The fourth-order valence-electron chi connectivity index (χ4n) is 4.92. The van der Waals surface area contributed by atoms with Crippen LogP contribution in [0.15, 0.2) is 18.2 Å². The number of hydrogen-bond acceptors (Lipinski definition) is 3. The molecule has 1 aromatic rings. The van der Waals surface area contributed by atoms with Crippen LogP contribution < -0.4 is 0 Å². The van der Waals surface area contributed by atoms with Crippen molar-refractivity contribution in [2.75, 3.05) is 6.61 Å². The zero-order valence-electron chi connectivity index (χ0n) is 18.3. The van der Waals surface area contributed by atoms with Crippen LogP contribution in [0.1, 0.15) is 108 Å². The summed E-state index contributed by atoms with van der Waals surface area (Å²) in [7, 11) is 0. The van der Waals surface area contributed by atoms with Crippen LogP contribution in [-0.2, 0) is 5.41 Å². The Morgan fingerprint density at radius 2 is 1.86 bits per heavy atom. The first kappa shape index (κ1) is 23.2. The van der Waals surface area contributed by atoms with Crippen molar-refractivity contribution in [2.45, 2.75) is 109 Å². The average molecular weight is 391 g/mol. The quantitative estimate of drug-likeness (QED) is 0.337. The highest BCUT2D eigenvalue weighted by atomic mass is 16.3. The summed E-state index contributed by atoms with van der Waals surface area (Å²) in [6.07, 6.45) is 11.3. The van der Waals surface area contributed by atoms with Crippen LogP contribution in [-0.4, -0.2) is 28.0 Å². The standard InChI is InChI=1S/C25H42O3/c1-4-5-6-7-15-25(2,3)20-13-14-22(24(28)17-20)23-18-21(27)12-8-10-19(23)11-9-16-26/h13-14,17,19,21,23,26-28H,4-12,15-16,18H2,1-3H3/t19-,21+,23+/m0/s1. The molecule has 0 saturated heterocycles. The highest BCUT2D eigenvalue weighted by molar-refractivity contribution is 5.42. The lowest BCUT2D eigenvalue weighted by atomic mass is 9.76. The SMILES string of the molecule is CCCCCCC(C)(C)c1ccc([C@@H]2C[C@H](O)CCC[C@H]2CCCO)c(O)c1. The van der Waals surface area contributed by atoms with Gasteiger partial charge in [0.05, 0.1) is 6.10 Å². The maximum Gasteiger partial charge on any atom is 0.119 e. The summed E-state index contributed by atoms with van der Waals surface area (Å²) in [4.78, 5) is 0. The van der Waals surface area contributed by atoms with Crippen molar-refractivity contribution in [3.05, 3.63) is 29.3 Å². The second kappa shape index (κ2) is 11.2. The Morgan fingerprint density at radius 1 is 1.07 bits per heavy atom. The summed E-state index contributed by atoms with van der Waals surface area (Å²) in [6.45, 7) is 6.99. The maximum atomic E-state index is 10.9. The number of benzene rings is 1. The Hall–Kier alpha value is -1.06. The van der Waals surface area contributed by atoms with Crippen molar-refractivity contribution < 1.29 is 15.3 Å². The highest BCUT2D eigenvalue weighted by Crippen LogP contribution is 2.43. The molecule has 0 bridgehead atoms. The minimum absolute atomic E-state index is 0.0585. The first-order chi connectivity index (χ1) is 13.4. The predicted molar refractivity (Wildman–Crippen MR) is 117 cm³/mol. The summed E-state index contributed by atoms with van der Waals surface area (Å²) < 4.78 is 0. The number of rotatable bonds is 10. The zero-order valence-corrected chi connectivity index (χ0v) is 18.3. The van der Waals surface area contributed by atoms with Crippen LogP contribution in [0.3, 0.4) is 0 Å². The molecule has 160 valence electrons. The number of aliphatic hydroxyl groups is 2. The van der Waals surface area contributed by atoms with Gasteiger partial charge < -0.3 is 15.3 Å². The molecule has 0 radical (unpaired) electrons. The molecule has 0 heterocycles. The lowest BCUT2D eigenvalue weighted by Gasteiger charge is -2.29. The molecule has 3 heteroatoms. The first-order valence-corrected chi connectivity index (χ1v) is 11.5. The Bertz CT molecular complexity index is 579. The largest absolute Gasteiger partial charge is 0.508 e. The summed E-state index contributed by atoms with van der Waals surface area (Å²) in [6, 6.07) is 6.26. The van der Waals surface area contributed by atoms with E-state index in [1.165, 1.54) is 31.2 Å². The normalized spacial score (nSPS) is 23.5. The van der Waals surface area contributed by atoms with Crippen LogP contribution in [0, 0.1) is 5.92 Å². The molecule has 0 aromatic heterocycles. The second-order valence-electron chi connectivity index (χ2n) is 9.52. The van der Waals surface area contributed by atoms with Crippen molar-refractivity contribution in [2.24, 2.45) is 5.92 Å². The molecule has 0 aliphatic heterocycles. The van der Waals surface area contributed by atoms with Gasteiger partial charge in [-0.15, -0.1) is 0 Å². The van der Waals surface area contributed by atoms with Crippen molar-refractivity contribution in [1.29, 1.82) is 0 Å². The Kier molecular flexibility index (Phi) is 9.30. The molecular formula is C25H42O3. The van der Waals surface area contributed by atoms with E-state index in [1.807, 2.05) is 6.07 Å². The molecule has 1 fully saturated rings. The molecule has 1 aromatic carbocycles. The Morgan fingerprint density at radius 3 is 2.54 bits per heavy atom. The van der Waals surface area contributed by atoms with Crippen LogP contribution in [0.2, 0.25) is 0 Å². The number of unbranched alkanes of at least 4 members (excludes halogenated alkanes) is 3. The number of aliphatic hydroxyl groups excluding tert-OH is 2. The third-order valence-corrected chi connectivity index (χ3v) is 6.81. The third-order valence-electron chi connectivity index (χ3n) is 6.81. The summed E-state index contributed by atoms with van der Waals surface area (Å²) in [5.74, 6) is 0.973. The van der Waals surface area contributed by atoms with Gasteiger partial charge in [0.1, 0.15) is 5.75 Å². The van der Waals surface area contributed by atoms with Gasteiger partial charge in [-0.05, 0) is 73.0 Å². The summed E-state index contributed by atoms with van der Waals surface area (Å²) in [5.41, 5.74) is 2.24. The van der Waals surface area contributed by atoms with Crippen molar-refractivity contribution >= 4 is 0 Å². The topological polar surface area (TPSA) is 60.7 Å². The Labute approximate surface area is 172 Å². The van der Waals surface area contributed by atoms with Gasteiger partial charge >= 0.3 is 0 Å². The average Bonchev–Trinajstić information content (AvgIpc) is 2.84. The molecule has 3 atom stereocenters. The van der Waals surface area contributed by atoms with E-state index < -0.39 is 0 Å². The molecule has 0 unspecified atom stereocenters. The monoisotopic (exact) mass is 390 g/mol. The Balaban J connectivity index is 2.18. The van der Waals surface area contributed by atoms with Gasteiger partial charge in [0.2, 0.25) is 0 Å². The molecule has 3 nitrogen and oxygen atoms in total. The van der Waals surface area contributed by atoms with Crippen LogP contribution in [0.4, 0.5) is 0 Å². The zero-order chi connectivity index (χ0) is 20.6. The van der Waals surface area contributed by atoms with E-state index in [9.17, 15) is 15.3 Å². The molecule has 0 amide bonds. The van der Waals surface area contributed by atoms with E-state index in [0.717, 1.165) is 44.1 Å². The van der Waals surface area contributed by atoms with E-state index in [1.54, 1.807) is 0 Å². The van der Waals surface area contributed by atoms with Gasteiger partial charge in [0.15, 0.2) is 0 Å². The number of aromatic hydroxyl groups is 1. The van der Waals surface area contributed by atoms with E-state index in [-0.39, 0.29) is 24.0 Å². The van der Waals surface area contributed by atoms with Crippen LogP contribution in [0.5, 0.6) is 5.75 Å². The van der Waals surface area contributed by atoms with Gasteiger partial charge in [0.25, 0.3) is 0 Å². The molecular weight excluding hydrogens is 348 g/mol. The van der Waals surface area contributed by atoms with E-state index in [2.05, 4.69) is 32.9 Å². The smallest absolute Gasteiger partial charge is 0.119 e. The lowest BCUT2D eigenvalue weighted by molar-refractivity contribution is 0.147. The minimum atomic E-state index is -0.293. The van der Waals surface area contributed by atoms with Crippen molar-refractivity contribution in [3.8, 4) is 5.75 Å². The summed E-state index contributed by atoms with van der Waals surface area (Å²) in [5, 5.41) is 30.5. The van der Waals surface area contributed by atoms with Crippen LogP contribution >= 0.6 is 0 Å². The van der Waals surface area contributed by atoms with Gasteiger partial charge in [-0.25, -0.2) is 0 Å². The summed E-state index contributed by atoms with van der Waals surface area (Å²) >= 11 is 0. The molecule has 2 rings (SSSR count). The van der Waals surface area contributed by atoms with E-state index in [4.69, 9.17) is 0 Å². The second-order valence-corrected chi connectivity index (χ2v) is 9.52. The molecule has 28 heavy (non-hydrogen) atoms.